The fourth-order valence-electron chi connectivity index (χ4n) is 3.81. The Kier molecular flexibility index (Phi) is 4.07. The molecule has 1 saturated heterocycles. The van der Waals surface area contributed by atoms with Crippen molar-refractivity contribution in [2.75, 3.05) is 4.90 Å². The van der Waals surface area contributed by atoms with Gasteiger partial charge in [0.05, 0.1) is 18.4 Å². The van der Waals surface area contributed by atoms with E-state index in [9.17, 15) is 14.0 Å². The molecule has 7 heteroatoms. The molecule has 2 aromatic rings. The number of hydrogen-bond acceptors (Lipinski definition) is 3. The van der Waals surface area contributed by atoms with Gasteiger partial charge in [-0.1, -0.05) is 36.6 Å². The second kappa shape index (κ2) is 6.26. The van der Waals surface area contributed by atoms with Crippen LogP contribution in [0.4, 0.5) is 10.2 Å². The van der Waals surface area contributed by atoms with E-state index in [4.69, 9.17) is 11.6 Å². The summed E-state index contributed by atoms with van der Waals surface area (Å²) in [6.45, 7) is 0.306. The first-order valence-corrected chi connectivity index (χ1v) is 8.77. The number of carbonyl (C=O) groups excluding carboxylic acids is 2. The number of imide groups is 1. The maximum Gasteiger partial charge on any atom is 0.238 e. The first-order chi connectivity index (χ1) is 12.0. The lowest BCUT2D eigenvalue weighted by molar-refractivity contribution is -0.122. The molecular weight excluding hydrogens is 345 g/mol. The highest BCUT2D eigenvalue weighted by molar-refractivity contribution is 6.35. The third-order valence-electron chi connectivity index (χ3n) is 4.99. The van der Waals surface area contributed by atoms with Crippen LogP contribution in [-0.4, -0.2) is 21.6 Å². The summed E-state index contributed by atoms with van der Waals surface area (Å²) in [5.74, 6) is -1.04. The largest absolute Gasteiger partial charge is 0.274 e. The second-order valence-corrected chi connectivity index (χ2v) is 7.04. The molecule has 0 spiro atoms. The van der Waals surface area contributed by atoms with Gasteiger partial charge in [0, 0.05) is 6.20 Å². The number of fused-ring (bicyclic) bond motifs is 1. The molecule has 2 atom stereocenters. The summed E-state index contributed by atoms with van der Waals surface area (Å²) in [4.78, 5) is 26.5. The molecule has 1 aromatic heterocycles. The van der Waals surface area contributed by atoms with Crippen LogP contribution in [0.25, 0.3) is 0 Å². The molecule has 1 aliphatic carbocycles. The van der Waals surface area contributed by atoms with Crippen molar-refractivity contribution >= 4 is 29.2 Å². The van der Waals surface area contributed by atoms with Crippen LogP contribution in [0.15, 0.2) is 30.5 Å². The van der Waals surface area contributed by atoms with Crippen molar-refractivity contribution < 1.29 is 14.0 Å². The molecule has 130 valence electrons. The van der Waals surface area contributed by atoms with Gasteiger partial charge < -0.3 is 0 Å². The summed E-state index contributed by atoms with van der Waals surface area (Å²) in [6, 6.07) is 6.18. The van der Waals surface area contributed by atoms with E-state index in [1.165, 1.54) is 16.8 Å². The fourth-order valence-corrected chi connectivity index (χ4v) is 4.05. The van der Waals surface area contributed by atoms with Crippen molar-refractivity contribution in [2.24, 2.45) is 11.8 Å². The Balaban J connectivity index is 1.62. The minimum atomic E-state index is -0.329. The molecule has 0 unspecified atom stereocenters. The van der Waals surface area contributed by atoms with Gasteiger partial charge in [0.1, 0.15) is 10.8 Å². The molecule has 2 amide bonds. The third-order valence-corrected chi connectivity index (χ3v) is 5.25. The molecule has 2 fully saturated rings. The number of nitrogens with zero attached hydrogens (tertiary/aromatic N) is 3. The monoisotopic (exact) mass is 361 g/mol. The van der Waals surface area contributed by atoms with Crippen molar-refractivity contribution in [3.05, 3.63) is 46.9 Å². The average molecular weight is 362 g/mol. The Labute approximate surface area is 149 Å². The summed E-state index contributed by atoms with van der Waals surface area (Å²) >= 11 is 6.25. The summed E-state index contributed by atoms with van der Waals surface area (Å²) in [5.41, 5.74) is 0.721. The van der Waals surface area contributed by atoms with Crippen LogP contribution in [0.3, 0.4) is 0 Å². The molecule has 5 nitrogen and oxygen atoms in total. The Morgan fingerprint density at radius 2 is 1.84 bits per heavy atom. The van der Waals surface area contributed by atoms with Crippen LogP contribution in [0, 0.1) is 17.7 Å². The van der Waals surface area contributed by atoms with Gasteiger partial charge in [-0.25, -0.2) is 9.29 Å². The minimum Gasteiger partial charge on any atom is -0.274 e. The smallest absolute Gasteiger partial charge is 0.238 e. The lowest BCUT2D eigenvalue weighted by Gasteiger charge is -2.19. The summed E-state index contributed by atoms with van der Waals surface area (Å²) in [7, 11) is 0. The van der Waals surface area contributed by atoms with E-state index in [0.717, 1.165) is 36.1 Å². The molecular formula is C18H17ClFN3O2. The number of rotatable bonds is 3. The SMILES string of the molecule is O=C1[C@H]2CCCC[C@H]2C(=O)N1c1nn(Cc2cccc(F)c2)cc1Cl. The fraction of sp³-hybridized carbons (Fsp3) is 0.389. The minimum absolute atomic E-state index is 0.183. The maximum atomic E-state index is 13.3. The summed E-state index contributed by atoms with van der Waals surface area (Å²) in [5, 5.41) is 4.57. The van der Waals surface area contributed by atoms with Gasteiger partial charge in [0.25, 0.3) is 0 Å². The zero-order valence-electron chi connectivity index (χ0n) is 13.5. The first kappa shape index (κ1) is 16.3. The number of amides is 2. The molecule has 2 aliphatic rings. The molecule has 1 aliphatic heterocycles. The van der Waals surface area contributed by atoms with E-state index >= 15 is 0 Å². The highest BCUT2D eigenvalue weighted by atomic mass is 35.5. The van der Waals surface area contributed by atoms with E-state index < -0.39 is 0 Å². The van der Waals surface area contributed by atoms with E-state index in [0.29, 0.717) is 6.54 Å². The lowest BCUT2D eigenvalue weighted by atomic mass is 9.81. The number of halogens is 2. The molecule has 1 aromatic carbocycles. The quantitative estimate of drug-likeness (QED) is 0.787. The molecule has 2 heterocycles. The second-order valence-electron chi connectivity index (χ2n) is 6.64. The normalized spacial score (nSPS) is 23.2. The average Bonchev–Trinajstić information content (AvgIpc) is 3.06. The number of benzene rings is 1. The van der Waals surface area contributed by atoms with Crippen molar-refractivity contribution in [3.8, 4) is 0 Å². The van der Waals surface area contributed by atoms with Crippen LogP contribution in [0.1, 0.15) is 31.2 Å². The number of carbonyl (C=O) groups is 2. The summed E-state index contributed by atoms with van der Waals surface area (Å²) < 4.78 is 14.8. The van der Waals surface area contributed by atoms with Gasteiger partial charge in [-0.3, -0.25) is 14.3 Å². The number of hydrogen-bond donors (Lipinski definition) is 0. The predicted molar refractivity (Wildman–Crippen MR) is 90.7 cm³/mol. The number of aromatic nitrogens is 2. The van der Waals surface area contributed by atoms with Crippen LogP contribution in [-0.2, 0) is 16.1 Å². The maximum absolute atomic E-state index is 13.3. The first-order valence-electron chi connectivity index (χ1n) is 8.40. The molecule has 4 rings (SSSR count). The Hall–Kier alpha value is -2.21. The highest BCUT2D eigenvalue weighted by Crippen LogP contribution is 2.41. The van der Waals surface area contributed by atoms with Crippen molar-refractivity contribution in [1.82, 2.24) is 9.78 Å². The summed E-state index contributed by atoms with van der Waals surface area (Å²) in [6.07, 6.45) is 4.98. The van der Waals surface area contributed by atoms with E-state index in [-0.39, 0.29) is 40.3 Å². The van der Waals surface area contributed by atoms with Gasteiger partial charge in [0.15, 0.2) is 5.82 Å². The van der Waals surface area contributed by atoms with Crippen molar-refractivity contribution in [3.63, 3.8) is 0 Å². The van der Waals surface area contributed by atoms with Gasteiger partial charge in [0.2, 0.25) is 11.8 Å². The topological polar surface area (TPSA) is 55.2 Å². The van der Waals surface area contributed by atoms with Gasteiger partial charge in [-0.2, -0.15) is 5.10 Å². The highest BCUT2D eigenvalue weighted by Gasteiger charge is 2.50. The van der Waals surface area contributed by atoms with Crippen LogP contribution >= 0.6 is 11.6 Å². The van der Waals surface area contributed by atoms with E-state index in [2.05, 4.69) is 5.10 Å². The van der Waals surface area contributed by atoms with Crippen LogP contribution in [0.5, 0.6) is 0 Å². The standard InChI is InChI=1S/C18H17ClFN3O2/c19-15-10-22(9-11-4-3-5-12(20)8-11)21-16(15)23-17(24)13-6-1-2-7-14(13)18(23)25/h3-5,8,10,13-14H,1-2,6-7,9H2/t13-,14+. The van der Waals surface area contributed by atoms with Crippen molar-refractivity contribution in [2.45, 2.75) is 32.2 Å². The third kappa shape index (κ3) is 2.84. The van der Waals surface area contributed by atoms with Crippen LogP contribution in [0.2, 0.25) is 5.02 Å². The molecule has 0 radical (unpaired) electrons. The Morgan fingerprint density at radius 3 is 2.48 bits per heavy atom. The van der Waals surface area contributed by atoms with Gasteiger partial charge in [-0.15, -0.1) is 0 Å². The van der Waals surface area contributed by atoms with Gasteiger partial charge >= 0.3 is 0 Å². The lowest BCUT2D eigenvalue weighted by Crippen LogP contribution is -2.31. The molecule has 1 saturated carbocycles. The zero-order chi connectivity index (χ0) is 17.6. The predicted octanol–water partition coefficient (Wildman–Crippen LogP) is 3.40. The van der Waals surface area contributed by atoms with E-state index in [1.807, 2.05) is 0 Å². The molecule has 0 bridgehead atoms. The molecule has 25 heavy (non-hydrogen) atoms. The van der Waals surface area contributed by atoms with Crippen LogP contribution < -0.4 is 4.90 Å². The molecule has 0 N–H and O–H groups in total. The van der Waals surface area contributed by atoms with Gasteiger partial charge in [-0.05, 0) is 30.5 Å². The van der Waals surface area contributed by atoms with Crippen molar-refractivity contribution in [1.29, 1.82) is 0 Å². The van der Waals surface area contributed by atoms with E-state index in [1.54, 1.807) is 18.3 Å². The Morgan fingerprint density at radius 1 is 1.16 bits per heavy atom. The Bertz CT molecular complexity index is 827. The number of anilines is 1. The zero-order valence-corrected chi connectivity index (χ0v) is 14.2.